The van der Waals surface area contributed by atoms with Gasteiger partial charge >= 0.3 is 5.97 Å². The van der Waals surface area contributed by atoms with E-state index >= 15 is 0 Å². The summed E-state index contributed by atoms with van der Waals surface area (Å²) in [6.45, 7) is 0.811. The summed E-state index contributed by atoms with van der Waals surface area (Å²) in [5.74, 6) is -0.269. The molecule has 24 heavy (non-hydrogen) atoms. The molecule has 1 aromatic rings. The number of carboxylic acids is 1. The smallest absolute Gasteiger partial charge is 0.334 e. The molecule has 1 N–H and O–H groups in total. The molecule has 1 atom stereocenters. The molecule has 1 saturated carbocycles. The highest BCUT2D eigenvalue weighted by Crippen LogP contribution is 2.43. The van der Waals surface area contributed by atoms with E-state index in [1.54, 1.807) is 12.0 Å². The molecule has 1 saturated heterocycles. The number of carboxylic acid groups (broad SMARTS) is 1. The third-order valence-corrected chi connectivity index (χ3v) is 5.12. The molecule has 0 bridgehead atoms. The van der Waals surface area contributed by atoms with Crippen LogP contribution in [-0.4, -0.2) is 54.8 Å². The van der Waals surface area contributed by atoms with E-state index in [9.17, 15) is 14.7 Å². The van der Waals surface area contributed by atoms with Crippen molar-refractivity contribution in [1.29, 1.82) is 0 Å². The van der Waals surface area contributed by atoms with Crippen LogP contribution >= 0.6 is 0 Å². The van der Waals surface area contributed by atoms with Crippen LogP contribution in [0.4, 0.5) is 0 Å². The fraction of sp³-hybridized carbons (Fsp3) is 0.556. The zero-order valence-corrected chi connectivity index (χ0v) is 13.9. The Morgan fingerprint density at radius 1 is 1.33 bits per heavy atom. The summed E-state index contributed by atoms with van der Waals surface area (Å²) in [6, 6.07) is 7.67. The summed E-state index contributed by atoms with van der Waals surface area (Å²) < 4.78 is 10.6. The van der Waals surface area contributed by atoms with E-state index in [0.29, 0.717) is 6.54 Å². The lowest BCUT2D eigenvalue weighted by Gasteiger charge is -2.38. The van der Waals surface area contributed by atoms with Crippen LogP contribution in [0.1, 0.15) is 31.2 Å². The summed E-state index contributed by atoms with van der Waals surface area (Å²) in [4.78, 5) is 26.2. The summed E-state index contributed by atoms with van der Waals surface area (Å²) in [5, 5.41) is 9.17. The molecule has 1 unspecified atom stereocenters. The molecule has 1 aliphatic heterocycles. The first-order valence-corrected chi connectivity index (χ1v) is 8.35. The maximum Gasteiger partial charge on any atom is 0.334 e. The van der Waals surface area contributed by atoms with E-state index in [2.05, 4.69) is 0 Å². The van der Waals surface area contributed by atoms with Gasteiger partial charge in [0.2, 0.25) is 5.91 Å². The van der Waals surface area contributed by atoms with Gasteiger partial charge in [0.25, 0.3) is 0 Å². The van der Waals surface area contributed by atoms with E-state index in [4.69, 9.17) is 9.47 Å². The molecule has 2 fully saturated rings. The molecule has 0 spiro atoms. The van der Waals surface area contributed by atoms with Gasteiger partial charge in [-0.25, -0.2) is 4.79 Å². The van der Waals surface area contributed by atoms with Crippen molar-refractivity contribution in [3.8, 4) is 5.75 Å². The van der Waals surface area contributed by atoms with E-state index in [1.807, 2.05) is 24.3 Å². The van der Waals surface area contributed by atoms with Crippen molar-refractivity contribution in [3.05, 3.63) is 29.8 Å². The number of carbonyl (C=O) groups excluding carboxylic acids is 1. The highest BCUT2D eigenvalue weighted by atomic mass is 16.5. The fourth-order valence-corrected chi connectivity index (χ4v) is 3.81. The van der Waals surface area contributed by atoms with Crippen LogP contribution in [0.2, 0.25) is 0 Å². The number of aliphatic carboxylic acids is 1. The summed E-state index contributed by atoms with van der Waals surface area (Å²) in [6.07, 6.45) is 2.62. The van der Waals surface area contributed by atoms with Gasteiger partial charge in [0.05, 0.1) is 25.7 Å². The zero-order chi connectivity index (χ0) is 17.2. The number of carbonyl (C=O) groups is 2. The minimum atomic E-state index is -1.02. The Morgan fingerprint density at radius 3 is 2.75 bits per heavy atom. The van der Waals surface area contributed by atoms with Crippen LogP contribution in [-0.2, 0) is 19.7 Å². The molecule has 0 aromatic heterocycles. The lowest BCUT2D eigenvalue weighted by Crippen LogP contribution is -2.54. The van der Waals surface area contributed by atoms with Gasteiger partial charge < -0.3 is 19.5 Å². The zero-order valence-electron chi connectivity index (χ0n) is 13.9. The third kappa shape index (κ3) is 2.98. The van der Waals surface area contributed by atoms with Gasteiger partial charge in [-0.3, -0.25) is 4.79 Å². The van der Waals surface area contributed by atoms with Gasteiger partial charge in [-0.05, 0) is 30.5 Å². The second kappa shape index (κ2) is 6.81. The second-order valence-corrected chi connectivity index (χ2v) is 6.47. The van der Waals surface area contributed by atoms with Gasteiger partial charge in [0.15, 0.2) is 6.10 Å². The minimum absolute atomic E-state index is 0.0165. The average Bonchev–Trinajstić information content (AvgIpc) is 3.12. The molecular formula is C18H23NO5. The van der Waals surface area contributed by atoms with Gasteiger partial charge in [0, 0.05) is 6.54 Å². The van der Waals surface area contributed by atoms with Crippen LogP contribution in [0.15, 0.2) is 24.3 Å². The standard InChI is InChI=1S/C18H23NO5/c1-23-14-6-4-5-13(11-14)18(7-2-3-8-18)17(22)19-9-10-24-15(12-19)16(20)21/h4-6,11,15H,2-3,7-10,12H2,1H3,(H,20,21). The van der Waals surface area contributed by atoms with E-state index < -0.39 is 17.5 Å². The van der Waals surface area contributed by atoms with Gasteiger partial charge in [-0.15, -0.1) is 0 Å². The lowest BCUT2D eigenvalue weighted by molar-refractivity contribution is -0.161. The average molecular weight is 333 g/mol. The van der Waals surface area contributed by atoms with Crippen molar-refractivity contribution in [2.45, 2.75) is 37.2 Å². The number of hydrogen-bond acceptors (Lipinski definition) is 4. The molecule has 1 heterocycles. The minimum Gasteiger partial charge on any atom is -0.497 e. The molecule has 6 heteroatoms. The van der Waals surface area contributed by atoms with Gasteiger partial charge in [0.1, 0.15) is 5.75 Å². The third-order valence-electron chi connectivity index (χ3n) is 5.12. The topological polar surface area (TPSA) is 76.1 Å². The highest BCUT2D eigenvalue weighted by molar-refractivity contribution is 5.89. The number of ether oxygens (including phenoxy) is 2. The van der Waals surface area contributed by atoms with E-state index in [-0.39, 0.29) is 19.1 Å². The maximum absolute atomic E-state index is 13.3. The second-order valence-electron chi connectivity index (χ2n) is 6.47. The molecule has 2 aliphatic rings. The normalized spacial score (nSPS) is 23.0. The predicted molar refractivity (Wildman–Crippen MR) is 87.1 cm³/mol. The van der Waals surface area contributed by atoms with Crippen molar-refractivity contribution >= 4 is 11.9 Å². The summed E-state index contributed by atoms with van der Waals surface area (Å²) in [7, 11) is 1.61. The van der Waals surface area contributed by atoms with Crippen molar-refractivity contribution in [2.24, 2.45) is 0 Å². The Kier molecular flexibility index (Phi) is 4.76. The molecule has 3 rings (SSSR count). The van der Waals surface area contributed by atoms with Crippen molar-refractivity contribution in [2.75, 3.05) is 26.8 Å². The Morgan fingerprint density at radius 2 is 2.08 bits per heavy atom. The Labute approximate surface area is 141 Å². The molecule has 1 amide bonds. The molecule has 130 valence electrons. The summed E-state index contributed by atoms with van der Waals surface area (Å²) >= 11 is 0. The number of nitrogens with zero attached hydrogens (tertiary/aromatic N) is 1. The number of hydrogen-bond donors (Lipinski definition) is 1. The van der Waals surface area contributed by atoms with Crippen LogP contribution in [0, 0.1) is 0 Å². The molecule has 6 nitrogen and oxygen atoms in total. The largest absolute Gasteiger partial charge is 0.497 e. The quantitative estimate of drug-likeness (QED) is 0.909. The highest BCUT2D eigenvalue weighted by Gasteiger charge is 2.46. The maximum atomic E-state index is 13.3. The van der Waals surface area contributed by atoms with Crippen molar-refractivity contribution < 1.29 is 24.2 Å². The van der Waals surface area contributed by atoms with E-state index in [0.717, 1.165) is 37.0 Å². The predicted octanol–water partition coefficient (Wildman–Crippen LogP) is 1.82. The number of benzene rings is 1. The number of methoxy groups -OCH3 is 1. The van der Waals surface area contributed by atoms with Crippen LogP contribution in [0.5, 0.6) is 5.75 Å². The number of rotatable bonds is 4. The Bertz CT molecular complexity index is 624. The fourth-order valence-electron chi connectivity index (χ4n) is 3.81. The molecule has 1 aliphatic carbocycles. The first kappa shape index (κ1) is 16.8. The van der Waals surface area contributed by atoms with Gasteiger partial charge in [-0.2, -0.15) is 0 Å². The van der Waals surface area contributed by atoms with Crippen molar-refractivity contribution in [1.82, 2.24) is 4.90 Å². The van der Waals surface area contributed by atoms with Crippen LogP contribution < -0.4 is 4.74 Å². The summed E-state index contributed by atoms with van der Waals surface area (Å²) in [5.41, 5.74) is 0.386. The number of morpholine rings is 1. The van der Waals surface area contributed by atoms with Crippen molar-refractivity contribution in [3.63, 3.8) is 0 Å². The monoisotopic (exact) mass is 333 g/mol. The first-order valence-electron chi connectivity index (χ1n) is 8.35. The first-order chi connectivity index (χ1) is 11.6. The van der Waals surface area contributed by atoms with Gasteiger partial charge in [-0.1, -0.05) is 25.0 Å². The Balaban J connectivity index is 1.89. The lowest BCUT2D eigenvalue weighted by atomic mass is 9.77. The van der Waals surface area contributed by atoms with Crippen LogP contribution in [0.3, 0.4) is 0 Å². The molecule has 1 aromatic carbocycles. The number of amides is 1. The molecule has 0 radical (unpaired) electrons. The SMILES string of the molecule is COc1cccc(C2(C(=O)N3CCOC(C(=O)O)C3)CCCC2)c1. The van der Waals surface area contributed by atoms with Crippen LogP contribution in [0.25, 0.3) is 0 Å². The molecular weight excluding hydrogens is 310 g/mol. The van der Waals surface area contributed by atoms with E-state index in [1.165, 1.54) is 0 Å². The Hall–Kier alpha value is -2.08.